The maximum Gasteiger partial charge on any atom is 0.223 e. The molecule has 4 heteroatoms. The maximum absolute atomic E-state index is 13.0. The second-order valence-corrected chi connectivity index (χ2v) is 7.59. The van der Waals surface area contributed by atoms with Crippen LogP contribution >= 0.6 is 0 Å². The molecule has 1 aliphatic rings. The predicted molar refractivity (Wildman–Crippen MR) is 111 cm³/mol. The van der Waals surface area contributed by atoms with Crippen molar-refractivity contribution >= 4 is 5.91 Å². The fourth-order valence-electron chi connectivity index (χ4n) is 4.06. The number of hydrogen-bond acceptors (Lipinski definition) is 2. The molecule has 1 heterocycles. The topological polar surface area (TPSA) is 46.9 Å². The van der Waals surface area contributed by atoms with E-state index in [1.165, 1.54) is 12.0 Å². The van der Waals surface area contributed by atoms with Crippen LogP contribution in [0.25, 0.3) is 0 Å². The zero-order valence-corrected chi connectivity index (χ0v) is 16.1. The molecule has 0 aliphatic heterocycles. The number of amides is 1. The van der Waals surface area contributed by atoms with Gasteiger partial charge >= 0.3 is 0 Å². The third-order valence-electron chi connectivity index (χ3n) is 5.60. The summed E-state index contributed by atoms with van der Waals surface area (Å²) in [6.45, 7) is 0.735. The minimum absolute atomic E-state index is 0.123. The molecule has 1 atom stereocenters. The fraction of sp³-hybridized carbons (Fsp3) is 0.333. The highest BCUT2D eigenvalue weighted by molar-refractivity contribution is 5.79. The normalized spacial score (nSPS) is 15.9. The first-order chi connectivity index (χ1) is 13.8. The Balaban J connectivity index is 1.61. The van der Waals surface area contributed by atoms with Crippen LogP contribution in [0.2, 0.25) is 0 Å². The molecule has 0 bridgehead atoms. The van der Waals surface area contributed by atoms with E-state index in [-0.39, 0.29) is 17.9 Å². The second-order valence-electron chi connectivity index (χ2n) is 7.59. The van der Waals surface area contributed by atoms with Gasteiger partial charge in [0.2, 0.25) is 5.91 Å². The highest BCUT2D eigenvalue weighted by atomic mass is 16.1. The number of nitrogens with zero attached hydrogens (tertiary/aromatic N) is 2. The average molecular weight is 374 g/mol. The number of benzene rings is 2. The summed E-state index contributed by atoms with van der Waals surface area (Å²) in [5.74, 6) is 1.15. The van der Waals surface area contributed by atoms with Gasteiger partial charge in [0.05, 0.1) is 0 Å². The molecular formula is C24H27N3O. The summed E-state index contributed by atoms with van der Waals surface area (Å²) in [6.07, 6.45) is 9.34. The summed E-state index contributed by atoms with van der Waals surface area (Å²) in [6, 6.07) is 20.3. The van der Waals surface area contributed by atoms with E-state index in [1.54, 1.807) is 0 Å². The van der Waals surface area contributed by atoms with E-state index in [1.807, 2.05) is 48.8 Å². The molecule has 1 amide bonds. The van der Waals surface area contributed by atoms with Gasteiger partial charge in [0.25, 0.3) is 0 Å². The molecule has 1 aromatic heterocycles. The Morgan fingerprint density at radius 2 is 1.68 bits per heavy atom. The summed E-state index contributed by atoms with van der Waals surface area (Å²) in [5.41, 5.74) is 2.28. The van der Waals surface area contributed by atoms with Gasteiger partial charge in [0, 0.05) is 24.9 Å². The zero-order chi connectivity index (χ0) is 19.2. The third kappa shape index (κ3) is 4.33. The van der Waals surface area contributed by atoms with E-state index in [4.69, 9.17) is 0 Å². The molecule has 1 fully saturated rings. The number of aromatic nitrogens is 2. The monoisotopic (exact) mass is 373 g/mol. The van der Waals surface area contributed by atoms with Crippen LogP contribution in [0.4, 0.5) is 0 Å². The SMILES string of the molecule is O=C(NC(c1ccccc1)c1nccn1Cc1ccccc1)C1CCCCC1. The van der Waals surface area contributed by atoms with Gasteiger partial charge in [-0.25, -0.2) is 4.98 Å². The molecule has 0 radical (unpaired) electrons. The molecule has 28 heavy (non-hydrogen) atoms. The van der Waals surface area contributed by atoms with E-state index in [2.05, 4.69) is 39.1 Å². The summed E-state index contributed by atoms with van der Waals surface area (Å²) >= 11 is 0. The van der Waals surface area contributed by atoms with Crippen molar-refractivity contribution in [2.45, 2.75) is 44.7 Å². The fourth-order valence-corrected chi connectivity index (χ4v) is 4.06. The summed E-state index contributed by atoms with van der Waals surface area (Å²) in [5, 5.41) is 3.31. The van der Waals surface area contributed by atoms with Gasteiger partial charge in [-0.2, -0.15) is 0 Å². The van der Waals surface area contributed by atoms with Gasteiger partial charge in [-0.15, -0.1) is 0 Å². The van der Waals surface area contributed by atoms with E-state index in [9.17, 15) is 4.79 Å². The van der Waals surface area contributed by atoms with Crippen LogP contribution < -0.4 is 5.32 Å². The first-order valence-corrected chi connectivity index (χ1v) is 10.2. The van der Waals surface area contributed by atoms with Crippen LogP contribution in [-0.2, 0) is 11.3 Å². The smallest absolute Gasteiger partial charge is 0.223 e. The highest BCUT2D eigenvalue weighted by Crippen LogP contribution is 2.27. The molecular weight excluding hydrogens is 346 g/mol. The minimum atomic E-state index is -0.241. The van der Waals surface area contributed by atoms with Crippen molar-refractivity contribution in [1.82, 2.24) is 14.9 Å². The lowest BCUT2D eigenvalue weighted by atomic mass is 9.88. The standard InChI is InChI=1S/C24H27N3O/c28-24(21-14-8-3-9-15-21)26-22(20-12-6-2-7-13-20)23-25-16-17-27(23)18-19-10-4-1-5-11-19/h1-2,4-7,10-13,16-17,21-22H,3,8-9,14-15,18H2,(H,26,28). The van der Waals surface area contributed by atoms with Gasteiger partial charge in [-0.1, -0.05) is 79.9 Å². The Bertz CT molecular complexity index is 882. The molecule has 1 aliphatic carbocycles. The maximum atomic E-state index is 13.0. The number of rotatable bonds is 6. The van der Waals surface area contributed by atoms with Crippen LogP contribution in [0.1, 0.15) is 55.1 Å². The van der Waals surface area contributed by atoms with Crippen LogP contribution in [0.3, 0.4) is 0 Å². The van der Waals surface area contributed by atoms with Crippen LogP contribution in [0.15, 0.2) is 73.1 Å². The number of hydrogen-bond donors (Lipinski definition) is 1. The molecule has 1 N–H and O–H groups in total. The van der Waals surface area contributed by atoms with Crippen molar-refractivity contribution in [3.63, 3.8) is 0 Å². The Hall–Kier alpha value is -2.88. The highest BCUT2D eigenvalue weighted by Gasteiger charge is 2.27. The molecule has 144 valence electrons. The molecule has 4 nitrogen and oxygen atoms in total. The molecule has 1 saturated carbocycles. The molecule has 2 aromatic carbocycles. The summed E-state index contributed by atoms with van der Waals surface area (Å²) in [7, 11) is 0. The largest absolute Gasteiger partial charge is 0.342 e. The number of imidazole rings is 1. The van der Waals surface area contributed by atoms with Crippen molar-refractivity contribution in [1.29, 1.82) is 0 Å². The lowest BCUT2D eigenvalue weighted by Crippen LogP contribution is -2.36. The van der Waals surface area contributed by atoms with E-state index < -0.39 is 0 Å². The van der Waals surface area contributed by atoms with Crippen LogP contribution in [0, 0.1) is 5.92 Å². The molecule has 0 saturated heterocycles. The quantitative estimate of drug-likeness (QED) is 0.680. The number of nitrogens with one attached hydrogen (secondary N) is 1. The van der Waals surface area contributed by atoms with Gasteiger partial charge in [0.1, 0.15) is 11.9 Å². The second kappa shape index (κ2) is 8.87. The predicted octanol–water partition coefficient (Wildman–Crippen LogP) is 4.72. The number of carbonyl (C=O) groups excluding carboxylic acids is 1. The third-order valence-corrected chi connectivity index (χ3v) is 5.60. The van der Waals surface area contributed by atoms with Crippen LogP contribution in [-0.4, -0.2) is 15.5 Å². The lowest BCUT2D eigenvalue weighted by molar-refractivity contribution is -0.126. The Labute approximate surface area is 166 Å². The molecule has 1 unspecified atom stereocenters. The van der Waals surface area contributed by atoms with Crippen molar-refractivity contribution in [2.24, 2.45) is 5.92 Å². The summed E-state index contributed by atoms with van der Waals surface area (Å²) in [4.78, 5) is 17.6. The van der Waals surface area contributed by atoms with Gasteiger partial charge in [-0.05, 0) is 24.0 Å². The van der Waals surface area contributed by atoms with Crippen molar-refractivity contribution in [2.75, 3.05) is 0 Å². The molecule has 0 spiro atoms. The lowest BCUT2D eigenvalue weighted by Gasteiger charge is -2.25. The van der Waals surface area contributed by atoms with E-state index >= 15 is 0 Å². The number of carbonyl (C=O) groups is 1. The zero-order valence-electron chi connectivity index (χ0n) is 16.1. The first-order valence-electron chi connectivity index (χ1n) is 10.2. The Morgan fingerprint density at radius 1 is 1.00 bits per heavy atom. The Morgan fingerprint density at radius 3 is 2.39 bits per heavy atom. The van der Waals surface area contributed by atoms with Crippen LogP contribution in [0.5, 0.6) is 0 Å². The first kappa shape index (κ1) is 18.5. The van der Waals surface area contributed by atoms with Gasteiger partial charge in [0.15, 0.2) is 0 Å². The molecule has 3 aromatic rings. The van der Waals surface area contributed by atoms with Gasteiger partial charge < -0.3 is 9.88 Å². The van der Waals surface area contributed by atoms with E-state index in [0.29, 0.717) is 0 Å². The summed E-state index contributed by atoms with van der Waals surface area (Å²) < 4.78 is 2.13. The van der Waals surface area contributed by atoms with E-state index in [0.717, 1.165) is 43.6 Å². The Kier molecular flexibility index (Phi) is 5.86. The minimum Gasteiger partial charge on any atom is -0.342 e. The van der Waals surface area contributed by atoms with Crippen molar-refractivity contribution < 1.29 is 4.79 Å². The van der Waals surface area contributed by atoms with Crippen molar-refractivity contribution in [3.8, 4) is 0 Å². The van der Waals surface area contributed by atoms with Crippen molar-refractivity contribution in [3.05, 3.63) is 90.0 Å². The average Bonchev–Trinajstić information content (AvgIpc) is 3.21. The van der Waals surface area contributed by atoms with Gasteiger partial charge in [-0.3, -0.25) is 4.79 Å². The molecule has 4 rings (SSSR count).